The number of hydrogen-bond acceptors (Lipinski definition) is 2. The maximum Gasteiger partial charge on any atom is 0.0680 e. The van der Waals surface area contributed by atoms with E-state index in [2.05, 4.69) is 15.9 Å². The summed E-state index contributed by atoms with van der Waals surface area (Å²) >= 11 is 3.29. The van der Waals surface area contributed by atoms with Crippen molar-refractivity contribution in [3.8, 4) is 0 Å². The van der Waals surface area contributed by atoms with Crippen molar-refractivity contribution in [3.05, 3.63) is 0 Å². The van der Waals surface area contributed by atoms with E-state index in [1.807, 2.05) is 0 Å². The van der Waals surface area contributed by atoms with Crippen LogP contribution in [0.3, 0.4) is 0 Å². The first kappa shape index (κ1) is 6.52. The lowest BCUT2D eigenvalue weighted by molar-refractivity contribution is 0.188. The third-order valence-corrected chi connectivity index (χ3v) is 2.86. The van der Waals surface area contributed by atoms with Crippen LogP contribution in [0.2, 0.25) is 0 Å². The highest BCUT2D eigenvalue weighted by atomic mass is 79.9. The van der Waals surface area contributed by atoms with Crippen LogP contribution >= 0.6 is 15.9 Å². The van der Waals surface area contributed by atoms with Gasteiger partial charge >= 0.3 is 0 Å². The van der Waals surface area contributed by atoms with Crippen LogP contribution in [0.5, 0.6) is 0 Å². The van der Waals surface area contributed by atoms with Crippen LogP contribution in [-0.4, -0.2) is 22.1 Å². The Balaban J connectivity index is 2.44. The molecule has 0 saturated heterocycles. The summed E-state index contributed by atoms with van der Waals surface area (Å²) in [5, 5.41) is 9.04. The molecule has 0 spiro atoms. The van der Waals surface area contributed by atoms with Crippen LogP contribution < -0.4 is 5.73 Å². The number of halogens is 1. The fraction of sp³-hybridized carbons (Fsp3) is 1.00. The van der Waals surface area contributed by atoms with Gasteiger partial charge < -0.3 is 10.8 Å². The summed E-state index contributed by atoms with van der Waals surface area (Å²) in [5.74, 6) is 0. The minimum absolute atomic E-state index is 0.127. The predicted molar refractivity (Wildman–Crippen MR) is 35.9 cm³/mol. The number of aliphatic hydroxyl groups is 1. The molecule has 0 heterocycles. The molecule has 48 valence electrons. The number of rotatable bonds is 0. The topological polar surface area (TPSA) is 46.2 Å². The van der Waals surface area contributed by atoms with E-state index in [1.54, 1.807) is 0 Å². The summed E-state index contributed by atoms with van der Waals surface area (Å²) in [6.07, 6.45) is 1.57. The van der Waals surface area contributed by atoms with Crippen molar-refractivity contribution in [2.45, 2.75) is 29.8 Å². The summed E-state index contributed by atoms with van der Waals surface area (Å²) in [7, 11) is 0. The Hall–Kier alpha value is 0.400. The fourth-order valence-electron chi connectivity index (χ4n) is 0.967. The van der Waals surface area contributed by atoms with Gasteiger partial charge in [0.15, 0.2) is 0 Å². The Bertz CT molecular complexity index is 78.5. The van der Waals surface area contributed by atoms with E-state index in [0.717, 1.165) is 12.8 Å². The van der Waals surface area contributed by atoms with Crippen molar-refractivity contribution in [2.75, 3.05) is 0 Å². The van der Waals surface area contributed by atoms with Crippen molar-refractivity contribution >= 4 is 15.9 Å². The molecule has 3 heteroatoms. The molecule has 0 aliphatic heterocycles. The minimum Gasteiger partial charge on any atom is -0.392 e. The molecule has 1 fully saturated rings. The van der Waals surface area contributed by atoms with Gasteiger partial charge in [0.25, 0.3) is 0 Å². The maximum absolute atomic E-state index is 9.04. The molecule has 0 amide bonds. The van der Waals surface area contributed by atoms with Gasteiger partial charge in [0.05, 0.1) is 10.9 Å². The zero-order valence-electron chi connectivity index (χ0n) is 4.55. The van der Waals surface area contributed by atoms with Gasteiger partial charge in [0.1, 0.15) is 0 Å². The van der Waals surface area contributed by atoms with Gasteiger partial charge in [-0.2, -0.15) is 0 Å². The molecular weight excluding hydrogens is 170 g/mol. The monoisotopic (exact) mass is 179 g/mol. The van der Waals surface area contributed by atoms with Crippen LogP contribution in [0.25, 0.3) is 0 Å². The van der Waals surface area contributed by atoms with Crippen molar-refractivity contribution in [2.24, 2.45) is 5.73 Å². The summed E-state index contributed by atoms with van der Waals surface area (Å²) < 4.78 is 0. The zero-order valence-corrected chi connectivity index (χ0v) is 6.13. The van der Waals surface area contributed by atoms with Gasteiger partial charge in [0.2, 0.25) is 0 Å². The highest BCUT2D eigenvalue weighted by Crippen LogP contribution is 2.24. The van der Waals surface area contributed by atoms with Gasteiger partial charge in [-0.25, -0.2) is 0 Å². The van der Waals surface area contributed by atoms with Gasteiger partial charge in [-0.05, 0) is 12.8 Å². The van der Waals surface area contributed by atoms with Crippen LogP contribution in [-0.2, 0) is 0 Å². The first-order valence-electron chi connectivity index (χ1n) is 2.79. The lowest BCUT2D eigenvalue weighted by Gasteiger charge is -2.08. The first-order valence-corrected chi connectivity index (χ1v) is 3.71. The molecule has 0 aromatic rings. The van der Waals surface area contributed by atoms with Crippen molar-refractivity contribution in [1.29, 1.82) is 0 Å². The highest BCUT2D eigenvalue weighted by Gasteiger charge is 2.29. The molecule has 8 heavy (non-hydrogen) atoms. The SMILES string of the molecule is N[C@@H]1CC[C@@H](O)C1Br. The average molecular weight is 180 g/mol. The van der Waals surface area contributed by atoms with Crippen molar-refractivity contribution in [3.63, 3.8) is 0 Å². The van der Waals surface area contributed by atoms with Crippen LogP contribution in [0.1, 0.15) is 12.8 Å². The first-order chi connectivity index (χ1) is 3.72. The van der Waals surface area contributed by atoms with Gasteiger partial charge in [-0.15, -0.1) is 0 Å². The van der Waals surface area contributed by atoms with E-state index < -0.39 is 0 Å². The normalized spacial score (nSPS) is 47.6. The Morgan fingerprint density at radius 2 is 2.12 bits per heavy atom. The largest absolute Gasteiger partial charge is 0.392 e. The van der Waals surface area contributed by atoms with E-state index in [4.69, 9.17) is 10.8 Å². The maximum atomic E-state index is 9.04. The number of aliphatic hydroxyl groups excluding tert-OH is 1. The molecule has 1 rings (SSSR count). The van der Waals surface area contributed by atoms with Gasteiger partial charge in [0, 0.05) is 6.04 Å². The Labute approximate surface area is 57.2 Å². The van der Waals surface area contributed by atoms with Gasteiger partial charge in [-0.3, -0.25) is 0 Å². The van der Waals surface area contributed by atoms with Crippen molar-refractivity contribution in [1.82, 2.24) is 0 Å². The Morgan fingerprint density at radius 1 is 1.50 bits per heavy atom. The van der Waals surface area contributed by atoms with E-state index >= 15 is 0 Å². The summed E-state index contributed by atoms with van der Waals surface area (Å²) in [4.78, 5) is 0.127. The second-order valence-corrected chi connectivity index (χ2v) is 3.31. The molecule has 1 unspecified atom stereocenters. The molecule has 1 saturated carbocycles. The second kappa shape index (κ2) is 2.33. The number of alkyl halides is 1. The Kier molecular flexibility index (Phi) is 1.90. The third kappa shape index (κ3) is 1.04. The van der Waals surface area contributed by atoms with Gasteiger partial charge in [-0.1, -0.05) is 15.9 Å². The molecule has 1 aliphatic rings. The lowest BCUT2D eigenvalue weighted by atomic mass is 10.3. The van der Waals surface area contributed by atoms with Crippen LogP contribution in [0.4, 0.5) is 0 Å². The molecule has 0 aromatic heterocycles. The number of hydrogen-bond donors (Lipinski definition) is 2. The summed E-state index contributed by atoms with van der Waals surface area (Å²) in [6, 6.07) is 0.157. The summed E-state index contributed by atoms with van der Waals surface area (Å²) in [6.45, 7) is 0. The summed E-state index contributed by atoms with van der Waals surface area (Å²) in [5.41, 5.74) is 5.56. The fourth-order valence-corrected chi connectivity index (χ4v) is 1.50. The standard InChI is InChI=1S/C5H10BrNO/c6-5-3(7)1-2-4(5)8/h3-5,8H,1-2,7H2/t3-,4-,5?/m1/s1. The average Bonchev–Trinajstić information content (AvgIpc) is 1.98. The Morgan fingerprint density at radius 3 is 2.25 bits per heavy atom. The molecular formula is C5H10BrNO. The molecule has 0 radical (unpaired) electrons. The molecule has 0 aromatic carbocycles. The molecule has 3 atom stereocenters. The van der Waals surface area contributed by atoms with Crippen LogP contribution in [0, 0.1) is 0 Å². The lowest BCUT2D eigenvalue weighted by Crippen LogP contribution is -2.29. The predicted octanol–water partition coefficient (Wildman–Crippen LogP) is 0.232. The third-order valence-electron chi connectivity index (χ3n) is 1.57. The molecule has 3 N–H and O–H groups in total. The molecule has 0 bridgehead atoms. The smallest absolute Gasteiger partial charge is 0.0680 e. The van der Waals surface area contributed by atoms with E-state index in [1.165, 1.54) is 0 Å². The quantitative estimate of drug-likeness (QED) is 0.524. The molecule has 2 nitrogen and oxygen atoms in total. The van der Waals surface area contributed by atoms with Crippen molar-refractivity contribution < 1.29 is 5.11 Å². The minimum atomic E-state index is -0.218. The number of nitrogens with two attached hydrogens (primary N) is 1. The van der Waals surface area contributed by atoms with E-state index in [-0.39, 0.29) is 17.0 Å². The second-order valence-electron chi connectivity index (χ2n) is 2.25. The van der Waals surface area contributed by atoms with E-state index in [9.17, 15) is 0 Å². The van der Waals surface area contributed by atoms with Crippen LogP contribution in [0.15, 0.2) is 0 Å². The highest BCUT2D eigenvalue weighted by molar-refractivity contribution is 9.09. The van der Waals surface area contributed by atoms with E-state index in [0.29, 0.717) is 0 Å². The molecule has 1 aliphatic carbocycles. The zero-order chi connectivity index (χ0) is 6.15.